The number of likely N-dealkylation sites (N-methyl/N-ethyl adjacent to an activating group) is 1. The molecule has 0 aromatic carbocycles. The topological polar surface area (TPSA) is 249 Å². The minimum absolute atomic E-state index is 0. The van der Waals surface area contributed by atoms with E-state index < -0.39 is 86.2 Å². The van der Waals surface area contributed by atoms with Gasteiger partial charge in [-0.25, -0.2) is 4.79 Å². The van der Waals surface area contributed by atoms with E-state index in [0.29, 0.717) is 34.0 Å². The average Bonchev–Trinajstić information content (AvgIpc) is 3.38. The van der Waals surface area contributed by atoms with Crippen molar-refractivity contribution in [3.63, 3.8) is 0 Å². The molecule has 15 atom stereocenters. The molecule has 19 heteroatoms. The van der Waals surface area contributed by atoms with Crippen LogP contribution in [0.2, 0.25) is 0 Å². The van der Waals surface area contributed by atoms with Crippen molar-refractivity contribution in [2.24, 2.45) is 0 Å². The molecule has 9 N–H and O–H groups in total. The summed E-state index contributed by atoms with van der Waals surface area (Å²) >= 11 is 2.74. The second kappa shape index (κ2) is 15.6. The summed E-state index contributed by atoms with van der Waals surface area (Å²) in [6, 6.07) is 8.01. The van der Waals surface area contributed by atoms with E-state index in [1.165, 1.54) is 22.7 Å². The number of quaternary nitrogens is 1. The van der Waals surface area contributed by atoms with Crippen molar-refractivity contribution in [1.82, 2.24) is 0 Å². The molecule has 7 rings (SSSR count). The molecule has 2 bridgehead atoms. The molecule has 0 aliphatic carbocycles. The van der Waals surface area contributed by atoms with E-state index in [0.717, 1.165) is 17.3 Å². The normalized spacial score (nSPS) is 41.6. The molecule has 0 amide bonds. The van der Waals surface area contributed by atoms with E-state index >= 15 is 0 Å². The van der Waals surface area contributed by atoms with Crippen LogP contribution in [0.1, 0.15) is 22.6 Å². The number of piperidine rings is 1. The molecule has 2 aromatic heterocycles. The minimum atomic E-state index is -1.74. The van der Waals surface area contributed by atoms with Gasteiger partial charge in [0.2, 0.25) is 5.60 Å². The van der Waals surface area contributed by atoms with E-state index in [9.17, 15) is 45.6 Å². The van der Waals surface area contributed by atoms with E-state index in [1.807, 2.05) is 22.9 Å². The van der Waals surface area contributed by atoms with Gasteiger partial charge in [-0.1, -0.05) is 12.1 Å². The molecule has 282 valence electrons. The van der Waals surface area contributed by atoms with Crippen LogP contribution in [0.15, 0.2) is 35.0 Å². The fraction of sp³-hybridized carbons (Fsp3) is 0.710. The standard InChI is InChI=1S/C19H22NO4S2.C12H22O11.BrH/c1-20(2)12-9-11(10-13(20)17-16(12)24-17)23-18(21)19(22,14-5-3-7-25-14)15-6-4-8-26-15;13-1-3-5(15)6(16)9(19)12(22-3)23-10-4(2-14)21-11(20)8(18)7(10)17;/h3-8,11-13,16-17,22H,9-10H2,1-2H3;3-20H,1-2H2;1H/q+1;;/p-1/t11?,12-,13+,16-,17+;3-,4-,5+,6+,7-,8-,9-,10-,11-,12+;/m.1./s1. The van der Waals surface area contributed by atoms with Crippen LogP contribution >= 0.6 is 22.7 Å². The molecular formula is C31H44BrNO15S2. The van der Waals surface area contributed by atoms with Crippen LogP contribution in [0, 0.1) is 0 Å². The van der Waals surface area contributed by atoms with Gasteiger partial charge in [-0.2, -0.15) is 0 Å². The van der Waals surface area contributed by atoms with E-state index in [-0.39, 0.29) is 23.1 Å². The summed E-state index contributed by atoms with van der Waals surface area (Å²) in [5.41, 5.74) is -1.72. The third-order valence-corrected chi connectivity index (χ3v) is 12.3. The highest BCUT2D eigenvalue weighted by molar-refractivity contribution is 7.12. The molecule has 2 aromatic rings. The lowest BCUT2D eigenvalue weighted by atomic mass is 9.95. The number of hydrogen-bond acceptors (Lipinski definition) is 17. The van der Waals surface area contributed by atoms with Gasteiger partial charge in [0, 0.05) is 12.8 Å². The van der Waals surface area contributed by atoms with E-state index in [2.05, 4.69) is 14.1 Å². The molecule has 0 spiro atoms. The number of carbonyl (C=O) groups is 1. The van der Waals surface area contributed by atoms with Crippen molar-refractivity contribution in [2.45, 2.75) is 110 Å². The van der Waals surface area contributed by atoms with Gasteiger partial charge in [-0.3, -0.25) is 0 Å². The molecule has 0 saturated carbocycles. The van der Waals surface area contributed by atoms with E-state index in [4.69, 9.17) is 28.8 Å². The Hall–Kier alpha value is -1.21. The summed E-state index contributed by atoms with van der Waals surface area (Å²) in [6.45, 7) is -1.35. The van der Waals surface area contributed by atoms with Gasteiger partial charge in [0.1, 0.15) is 79.2 Å². The highest BCUT2D eigenvalue weighted by Gasteiger charge is 2.71. The number of hydrogen-bond donors (Lipinski definition) is 9. The van der Waals surface area contributed by atoms with Crippen molar-refractivity contribution in [2.75, 3.05) is 27.3 Å². The molecular weight excluding hydrogens is 770 g/mol. The number of aliphatic hydroxyl groups is 9. The van der Waals surface area contributed by atoms with Crippen LogP contribution in [-0.4, -0.2) is 176 Å². The first-order chi connectivity index (χ1) is 23.2. The van der Waals surface area contributed by atoms with Crippen LogP contribution in [0.5, 0.6) is 0 Å². The number of thiophene rings is 2. The number of carbonyl (C=O) groups excluding carboxylic acids is 1. The zero-order chi connectivity index (χ0) is 35.4. The summed E-state index contributed by atoms with van der Waals surface area (Å²) in [4.78, 5) is 14.3. The summed E-state index contributed by atoms with van der Waals surface area (Å²) in [6.07, 6.45) is -13.5. The average molecular weight is 815 g/mol. The van der Waals surface area contributed by atoms with Gasteiger partial charge in [0.05, 0.1) is 37.1 Å². The first-order valence-electron chi connectivity index (χ1n) is 16.0. The zero-order valence-electron chi connectivity index (χ0n) is 27.1. The van der Waals surface area contributed by atoms with Gasteiger partial charge in [0.25, 0.3) is 0 Å². The van der Waals surface area contributed by atoms with Crippen molar-refractivity contribution >= 4 is 28.6 Å². The number of rotatable bonds is 8. The van der Waals surface area contributed by atoms with Crippen molar-refractivity contribution in [3.8, 4) is 0 Å². The number of aliphatic hydroxyl groups excluding tert-OH is 8. The third kappa shape index (κ3) is 7.19. The van der Waals surface area contributed by atoms with Gasteiger partial charge >= 0.3 is 5.97 Å². The Labute approximate surface area is 305 Å². The van der Waals surface area contributed by atoms with Crippen LogP contribution < -0.4 is 17.0 Å². The summed E-state index contributed by atoms with van der Waals surface area (Å²) in [5, 5.41) is 91.6. The van der Waals surface area contributed by atoms with Crippen molar-refractivity contribution < 1.29 is 95.9 Å². The van der Waals surface area contributed by atoms with Gasteiger partial charge in [-0.05, 0) is 22.9 Å². The number of halogens is 1. The second-order valence-corrected chi connectivity index (χ2v) is 15.4. The van der Waals surface area contributed by atoms with Crippen molar-refractivity contribution in [3.05, 3.63) is 44.8 Å². The van der Waals surface area contributed by atoms with E-state index in [1.54, 1.807) is 12.1 Å². The monoisotopic (exact) mass is 813 g/mol. The first-order valence-corrected chi connectivity index (χ1v) is 17.8. The fourth-order valence-electron chi connectivity index (χ4n) is 7.40. The maximum Gasteiger partial charge on any atom is 0.349 e. The number of fused-ring (bicyclic) bond motifs is 5. The Morgan fingerprint density at radius 1 is 0.820 bits per heavy atom. The molecule has 5 aliphatic rings. The molecule has 5 aliphatic heterocycles. The second-order valence-electron chi connectivity index (χ2n) is 13.5. The number of ether oxygens (including phenoxy) is 5. The summed E-state index contributed by atoms with van der Waals surface area (Å²) in [7, 11) is 4.49. The number of nitrogens with zero attached hydrogens (tertiary/aromatic N) is 1. The van der Waals surface area contributed by atoms with Crippen LogP contribution in [0.25, 0.3) is 0 Å². The molecule has 5 fully saturated rings. The molecule has 5 saturated heterocycles. The lowest BCUT2D eigenvalue weighted by molar-refractivity contribution is -0.938. The lowest BCUT2D eigenvalue weighted by Crippen LogP contribution is -3.00. The zero-order valence-corrected chi connectivity index (χ0v) is 30.3. The smallest absolute Gasteiger partial charge is 0.349 e. The Balaban J connectivity index is 0.000000192. The molecule has 7 heterocycles. The molecule has 0 radical (unpaired) electrons. The minimum Gasteiger partial charge on any atom is -1.00 e. The Morgan fingerprint density at radius 2 is 1.38 bits per heavy atom. The fourth-order valence-corrected chi connectivity index (χ4v) is 9.11. The maximum absolute atomic E-state index is 13.1. The lowest BCUT2D eigenvalue weighted by Gasteiger charge is -2.45. The van der Waals surface area contributed by atoms with Gasteiger partial charge < -0.3 is 91.1 Å². The van der Waals surface area contributed by atoms with Gasteiger partial charge in [0.15, 0.2) is 12.6 Å². The Kier molecular flexibility index (Phi) is 12.5. The van der Waals surface area contributed by atoms with Crippen LogP contribution in [0.3, 0.4) is 0 Å². The molecule has 50 heavy (non-hydrogen) atoms. The van der Waals surface area contributed by atoms with Crippen LogP contribution in [0.4, 0.5) is 0 Å². The predicted molar refractivity (Wildman–Crippen MR) is 168 cm³/mol. The quantitative estimate of drug-likeness (QED) is 0.0684. The SMILES string of the molecule is C[N+]1(C)[C@@H]2CC(OC(=O)C(O)(c3cccs3)c3cccs3)C[C@H]1[C@@H]1O[C@@H]12.OC[C@H]1O[C@@H](O[C@H]2[C@H](O)[C@@H](O)[C@H](O)O[C@@H]2CO)[C@H](O)[C@@H](O)[C@H]1O.[Br-]. The van der Waals surface area contributed by atoms with Crippen LogP contribution in [-0.2, 0) is 34.1 Å². The maximum atomic E-state index is 13.1. The Morgan fingerprint density at radius 3 is 1.88 bits per heavy atom. The Bertz CT molecular complexity index is 1350. The number of epoxide rings is 1. The first kappa shape index (κ1) is 40.0. The van der Waals surface area contributed by atoms with Gasteiger partial charge in [-0.15, -0.1) is 22.7 Å². The highest BCUT2D eigenvalue weighted by Crippen LogP contribution is 2.52. The largest absolute Gasteiger partial charge is 1.00 e. The molecule has 1 unspecified atom stereocenters. The predicted octanol–water partition coefficient (Wildman–Crippen LogP) is -6.05. The highest BCUT2D eigenvalue weighted by atomic mass is 79.9. The van der Waals surface area contributed by atoms with Crippen molar-refractivity contribution in [1.29, 1.82) is 0 Å². The number of morpholine rings is 1. The molecule has 16 nitrogen and oxygen atoms in total. The summed E-state index contributed by atoms with van der Waals surface area (Å²) < 4.78 is 27.9. The summed E-state index contributed by atoms with van der Waals surface area (Å²) in [5.74, 6) is -0.561. The number of esters is 1. The third-order valence-electron chi connectivity index (χ3n) is 10.3.